The van der Waals surface area contributed by atoms with E-state index in [4.69, 9.17) is 11.6 Å². The number of alkyl halides is 1. The van der Waals surface area contributed by atoms with Crippen LogP contribution in [-0.4, -0.2) is 43.5 Å². The van der Waals surface area contributed by atoms with Crippen LogP contribution in [0.25, 0.3) is 0 Å². The average molecular weight is 249 g/mol. The summed E-state index contributed by atoms with van der Waals surface area (Å²) in [5, 5.41) is 3.55. The molecule has 0 unspecified atom stereocenters. The molecule has 0 aliphatic carbocycles. The molecule has 0 radical (unpaired) electrons. The third-order valence-corrected chi connectivity index (χ3v) is 4.35. The third kappa shape index (κ3) is 5.51. The predicted octanol–water partition coefficient (Wildman–Crippen LogP) is 2.96. The van der Waals surface area contributed by atoms with Crippen molar-refractivity contribution in [3.8, 4) is 0 Å². The molecule has 0 bridgehead atoms. The molecule has 0 saturated carbocycles. The van der Waals surface area contributed by atoms with Gasteiger partial charge in [-0.3, -0.25) is 0 Å². The lowest BCUT2D eigenvalue weighted by molar-refractivity contribution is 0.263. The molecule has 0 spiro atoms. The Balaban J connectivity index is 3.78. The first kappa shape index (κ1) is 16.2. The summed E-state index contributed by atoms with van der Waals surface area (Å²) in [6.07, 6.45) is 2.32. The molecule has 0 fully saturated rings. The van der Waals surface area contributed by atoms with Crippen LogP contribution in [0.3, 0.4) is 0 Å². The van der Waals surface area contributed by atoms with E-state index in [1.165, 1.54) is 0 Å². The van der Waals surface area contributed by atoms with E-state index < -0.39 is 0 Å². The molecule has 0 amide bonds. The largest absolute Gasteiger partial charge is 0.315 e. The Morgan fingerprint density at radius 2 is 1.62 bits per heavy atom. The second-order valence-electron chi connectivity index (χ2n) is 4.54. The van der Waals surface area contributed by atoms with Gasteiger partial charge in [-0.05, 0) is 31.3 Å². The number of nitrogens with zero attached hydrogens (tertiary/aromatic N) is 1. The summed E-state index contributed by atoms with van der Waals surface area (Å²) in [5.41, 5.74) is 0.296. The van der Waals surface area contributed by atoms with Gasteiger partial charge >= 0.3 is 0 Å². The number of nitrogens with one attached hydrogen (secondary N) is 1. The van der Waals surface area contributed by atoms with Crippen molar-refractivity contribution >= 4 is 11.6 Å². The van der Waals surface area contributed by atoms with E-state index >= 15 is 0 Å². The maximum Gasteiger partial charge on any atom is 0.0291 e. The van der Waals surface area contributed by atoms with Crippen molar-refractivity contribution in [3.05, 3.63) is 0 Å². The zero-order chi connectivity index (χ0) is 12.4. The van der Waals surface area contributed by atoms with Crippen molar-refractivity contribution in [2.45, 2.75) is 40.5 Å². The maximum absolute atomic E-state index is 6.07. The topological polar surface area (TPSA) is 15.3 Å². The average Bonchev–Trinajstić information content (AvgIpc) is 2.35. The van der Waals surface area contributed by atoms with Crippen molar-refractivity contribution in [3.63, 3.8) is 0 Å². The van der Waals surface area contributed by atoms with Crippen LogP contribution in [-0.2, 0) is 0 Å². The fraction of sp³-hybridized carbons (Fsp3) is 1.00. The van der Waals surface area contributed by atoms with Crippen LogP contribution in [0.4, 0.5) is 0 Å². The minimum absolute atomic E-state index is 0.296. The molecule has 16 heavy (non-hydrogen) atoms. The first-order chi connectivity index (χ1) is 7.67. The van der Waals surface area contributed by atoms with Gasteiger partial charge in [0.1, 0.15) is 0 Å². The smallest absolute Gasteiger partial charge is 0.0291 e. The molecule has 2 nitrogen and oxygen atoms in total. The minimum atomic E-state index is 0.296. The van der Waals surface area contributed by atoms with Gasteiger partial charge in [-0.2, -0.15) is 0 Å². The van der Waals surface area contributed by atoms with Gasteiger partial charge < -0.3 is 10.2 Å². The van der Waals surface area contributed by atoms with Crippen molar-refractivity contribution < 1.29 is 0 Å². The van der Waals surface area contributed by atoms with Gasteiger partial charge in [-0.25, -0.2) is 0 Å². The van der Waals surface area contributed by atoms with Gasteiger partial charge in [0, 0.05) is 25.5 Å². The normalized spacial score (nSPS) is 12.4. The van der Waals surface area contributed by atoms with E-state index in [1.54, 1.807) is 0 Å². The number of likely N-dealkylation sites (N-methyl/N-ethyl adjacent to an activating group) is 1. The Hall–Kier alpha value is 0.210. The molecule has 98 valence electrons. The summed E-state index contributed by atoms with van der Waals surface area (Å²) in [5.74, 6) is 0.762. The van der Waals surface area contributed by atoms with Gasteiger partial charge in [-0.15, -0.1) is 11.6 Å². The molecule has 0 aromatic heterocycles. The predicted molar refractivity (Wildman–Crippen MR) is 74.4 cm³/mol. The highest BCUT2D eigenvalue weighted by molar-refractivity contribution is 6.18. The molecule has 1 N–H and O–H groups in total. The molecular weight excluding hydrogens is 220 g/mol. The van der Waals surface area contributed by atoms with E-state index in [1.807, 2.05) is 0 Å². The lowest BCUT2D eigenvalue weighted by atomic mass is 9.84. The zero-order valence-electron chi connectivity index (χ0n) is 11.5. The van der Waals surface area contributed by atoms with Crippen molar-refractivity contribution in [2.24, 2.45) is 5.41 Å². The first-order valence-corrected chi connectivity index (χ1v) is 7.20. The summed E-state index contributed by atoms with van der Waals surface area (Å²) in [6.45, 7) is 14.4. The molecule has 0 saturated heterocycles. The van der Waals surface area contributed by atoms with Crippen LogP contribution in [0.2, 0.25) is 0 Å². The van der Waals surface area contributed by atoms with Gasteiger partial charge in [-0.1, -0.05) is 27.7 Å². The van der Waals surface area contributed by atoms with E-state index in [0.29, 0.717) is 5.41 Å². The van der Waals surface area contributed by atoms with Crippen LogP contribution in [0.1, 0.15) is 40.5 Å². The second-order valence-corrected chi connectivity index (χ2v) is 4.81. The Morgan fingerprint density at radius 3 is 2.00 bits per heavy atom. The number of hydrogen-bond acceptors (Lipinski definition) is 2. The first-order valence-electron chi connectivity index (χ1n) is 6.67. The molecule has 0 aliphatic heterocycles. The summed E-state index contributed by atoms with van der Waals surface area (Å²) in [4.78, 5) is 2.44. The molecule has 0 atom stereocenters. The summed E-state index contributed by atoms with van der Waals surface area (Å²) < 4.78 is 0. The van der Waals surface area contributed by atoms with E-state index in [0.717, 1.165) is 51.4 Å². The van der Waals surface area contributed by atoms with E-state index in [-0.39, 0.29) is 0 Å². The summed E-state index contributed by atoms with van der Waals surface area (Å²) in [6, 6.07) is 0. The molecule has 0 aromatic carbocycles. The van der Waals surface area contributed by atoms with E-state index in [9.17, 15) is 0 Å². The second kappa shape index (κ2) is 9.26. The fourth-order valence-corrected chi connectivity index (χ4v) is 2.34. The van der Waals surface area contributed by atoms with Gasteiger partial charge in [0.25, 0.3) is 0 Å². The monoisotopic (exact) mass is 248 g/mol. The van der Waals surface area contributed by atoms with Gasteiger partial charge in [0.15, 0.2) is 0 Å². The molecule has 3 heteroatoms. The molecular formula is C13H29ClN2. The quantitative estimate of drug-likeness (QED) is 0.472. The lowest BCUT2D eigenvalue weighted by Crippen LogP contribution is -2.39. The Kier molecular flexibility index (Phi) is 9.38. The van der Waals surface area contributed by atoms with Crippen molar-refractivity contribution in [1.82, 2.24) is 10.2 Å². The number of rotatable bonds is 10. The fourth-order valence-electron chi connectivity index (χ4n) is 1.87. The molecule has 0 rings (SSSR count). The van der Waals surface area contributed by atoms with Crippen molar-refractivity contribution in [2.75, 3.05) is 38.6 Å². The van der Waals surface area contributed by atoms with Crippen molar-refractivity contribution in [1.29, 1.82) is 0 Å². The molecule has 0 aromatic rings. The SMILES string of the molecule is CCN(CC)CCNCC(CC)(CC)CCl. The number of hydrogen-bond donors (Lipinski definition) is 1. The summed E-state index contributed by atoms with van der Waals surface area (Å²) in [7, 11) is 0. The van der Waals surface area contributed by atoms with Crippen LogP contribution in [0.15, 0.2) is 0 Å². The maximum atomic E-state index is 6.07. The standard InChI is InChI=1S/C13H29ClN2/c1-5-13(6-2,11-14)12-15-9-10-16(7-3)8-4/h15H,5-12H2,1-4H3. The Morgan fingerprint density at radius 1 is 1.06 bits per heavy atom. The zero-order valence-corrected chi connectivity index (χ0v) is 12.2. The highest BCUT2D eigenvalue weighted by Crippen LogP contribution is 2.26. The lowest BCUT2D eigenvalue weighted by Gasteiger charge is -2.30. The van der Waals surface area contributed by atoms with Crippen LogP contribution in [0.5, 0.6) is 0 Å². The van der Waals surface area contributed by atoms with Crippen LogP contribution < -0.4 is 5.32 Å². The third-order valence-electron chi connectivity index (χ3n) is 3.78. The Labute approximate surface area is 107 Å². The molecule has 0 heterocycles. The van der Waals surface area contributed by atoms with E-state index in [2.05, 4.69) is 37.9 Å². The highest BCUT2D eigenvalue weighted by atomic mass is 35.5. The highest BCUT2D eigenvalue weighted by Gasteiger charge is 2.24. The Bertz CT molecular complexity index is 146. The van der Waals surface area contributed by atoms with Crippen LogP contribution >= 0.6 is 11.6 Å². The summed E-state index contributed by atoms with van der Waals surface area (Å²) >= 11 is 6.07. The number of halogens is 1. The van der Waals surface area contributed by atoms with Gasteiger partial charge in [0.2, 0.25) is 0 Å². The van der Waals surface area contributed by atoms with Crippen LogP contribution in [0, 0.1) is 5.41 Å². The van der Waals surface area contributed by atoms with Gasteiger partial charge in [0.05, 0.1) is 0 Å². The molecule has 0 aliphatic rings. The minimum Gasteiger partial charge on any atom is -0.315 e.